The van der Waals surface area contributed by atoms with Gasteiger partial charge in [0, 0.05) is 6.08 Å². The zero-order valence-electron chi connectivity index (χ0n) is 21.0. The summed E-state index contributed by atoms with van der Waals surface area (Å²) in [6.45, 7) is 0. The second-order valence-corrected chi connectivity index (χ2v) is 7.58. The number of nitrogens with one attached hydrogen (secondary N) is 1. The first-order chi connectivity index (χ1) is 17.4. The van der Waals surface area contributed by atoms with Gasteiger partial charge in [0.25, 0.3) is 0 Å². The van der Waals surface area contributed by atoms with Gasteiger partial charge in [-0.25, -0.2) is 0 Å². The summed E-state index contributed by atoms with van der Waals surface area (Å²) in [4.78, 5) is 12.6. The molecular formula is C28H30N2O6. The van der Waals surface area contributed by atoms with Crippen LogP contribution in [0.5, 0.6) is 28.7 Å². The van der Waals surface area contributed by atoms with E-state index in [4.69, 9.17) is 29.4 Å². The van der Waals surface area contributed by atoms with Crippen molar-refractivity contribution in [1.29, 1.82) is 0 Å². The van der Waals surface area contributed by atoms with E-state index in [-0.39, 0.29) is 5.91 Å². The monoisotopic (exact) mass is 490 g/mol. The standard InChI is InChI=1S/C28H30N2O6/c1-32-23-12-9-18(6-7-20-16-25(34-3)28(36-5)26(17-20)35-4)14-22(23)30-27(31)13-10-19-8-11-21(29)24(15-19)33-2/h6-17H,29H2,1-5H3,(H,30,31)/b7-6+,13-10+. The smallest absolute Gasteiger partial charge is 0.248 e. The lowest BCUT2D eigenvalue weighted by molar-refractivity contribution is -0.111. The van der Waals surface area contributed by atoms with Crippen LogP contribution >= 0.6 is 0 Å². The molecule has 8 heteroatoms. The summed E-state index contributed by atoms with van der Waals surface area (Å²) in [5.74, 6) is 2.42. The van der Waals surface area contributed by atoms with E-state index in [1.165, 1.54) is 6.08 Å². The van der Waals surface area contributed by atoms with Crippen LogP contribution in [-0.2, 0) is 4.79 Å². The van der Waals surface area contributed by atoms with Crippen molar-refractivity contribution in [2.24, 2.45) is 0 Å². The van der Waals surface area contributed by atoms with Crippen molar-refractivity contribution in [3.63, 3.8) is 0 Å². The largest absolute Gasteiger partial charge is 0.495 e. The maximum Gasteiger partial charge on any atom is 0.248 e. The molecule has 0 aliphatic carbocycles. The molecule has 0 bridgehead atoms. The van der Waals surface area contributed by atoms with Crippen molar-refractivity contribution in [2.75, 3.05) is 46.6 Å². The lowest BCUT2D eigenvalue weighted by Crippen LogP contribution is -2.09. The molecule has 3 N–H and O–H groups in total. The Labute approximate surface area is 210 Å². The first kappa shape index (κ1) is 26.0. The zero-order chi connectivity index (χ0) is 26.1. The minimum absolute atomic E-state index is 0.310. The Morgan fingerprint density at radius 3 is 1.83 bits per heavy atom. The maximum absolute atomic E-state index is 12.6. The predicted molar refractivity (Wildman–Crippen MR) is 143 cm³/mol. The quantitative estimate of drug-likeness (QED) is 0.231. The van der Waals surface area contributed by atoms with Gasteiger partial charge in [-0.2, -0.15) is 0 Å². The van der Waals surface area contributed by atoms with E-state index < -0.39 is 0 Å². The average Bonchev–Trinajstić information content (AvgIpc) is 2.90. The number of ether oxygens (including phenoxy) is 5. The lowest BCUT2D eigenvalue weighted by atomic mass is 10.1. The molecule has 3 aromatic carbocycles. The number of carbonyl (C=O) groups excluding carboxylic acids is 1. The zero-order valence-corrected chi connectivity index (χ0v) is 21.0. The molecule has 3 rings (SSSR count). The highest BCUT2D eigenvalue weighted by Gasteiger charge is 2.12. The molecule has 0 fully saturated rings. The molecule has 188 valence electrons. The van der Waals surface area contributed by atoms with Crippen LogP contribution in [0.25, 0.3) is 18.2 Å². The van der Waals surface area contributed by atoms with Crippen LogP contribution in [0.3, 0.4) is 0 Å². The Kier molecular flexibility index (Phi) is 8.83. The number of nitrogen functional groups attached to an aromatic ring is 1. The molecule has 1 amide bonds. The van der Waals surface area contributed by atoms with Crippen LogP contribution in [0.1, 0.15) is 16.7 Å². The van der Waals surface area contributed by atoms with E-state index in [1.54, 1.807) is 65.9 Å². The Morgan fingerprint density at radius 2 is 1.22 bits per heavy atom. The third-order valence-electron chi connectivity index (χ3n) is 5.32. The molecule has 0 radical (unpaired) electrons. The van der Waals surface area contributed by atoms with Gasteiger partial charge in [0.05, 0.1) is 46.9 Å². The molecular weight excluding hydrogens is 460 g/mol. The third kappa shape index (κ3) is 6.29. The van der Waals surface area contributed by atoms with E-state index in [2.05, 4.69) is 5.32 Å². The predicted octanol–water partition coefficient (Wildman–Crippen LogP) is 5.13. The fourth-order valence-electron chi connectivity index (χ4n) is 3.49. The van der Waals surface area contributed by atoms with E-state index >= 15 is 0 Å². The number of anilines is 2. The van der Waals surface area contributed by atoms with Gasteiger partial charge in [0.1, 0.15) is 11.5 Å². The van der Waals surface area contributed by atoms with Gasteiger partial charge >= 0.3 is 0 Å². The van der Waals surface area contributed by atoms with Crippen molar-refractivity contribution < 1.29 is 28.5 Å². The van der Waals surface area contributed by atoms with Crippen molar-refractivity contribution in [1.82, 2.24) is 0 Å². The number of rotatable bonds is 10. The topological polar surface area (TPSA) is 101 Å². The highest BCUT2D eigenvalue weighted by Crippen LogP contribution is 2.38. The Balaban J connectivity index is 1.80. The SMILES string of the molecule is COc1cc(/C=C/C(=O)Nc2cc(/C=C/c3cc(OC)c(OC)c(OC)c3)ccc2OC)ccc1N. The minimum atomic E-state index is -0.310. The molecule has 0 aliphatic rings. The molecule has 3 aromatic rings. The summed E-state index contributed by atoms with van der Waals surface area (Å²) in [5.41, 5.74) is 9.40. The molecule has 36 heavy (non-hydrogen) atoms. The Morgan fingerprint density at radius 1 is 0.667 bits per heavy atom. The van der Waals surface area contributed by atoms with Gasteiger partial charge in [-0.1, -0.05) is 24.3 Å². The van der Waals surface area contributed by atoms with Gasteiger partial charge < -0.3 is 34.7 Å². The fraction of sp³-hybridized carbons (Fsp3) is 0.179. The van der Waals surface area contributed by atoms with Gasteiger partial charge in [0.15, 0.2) is 11.5 Å². The normalized spacial score (nSPS) is 10.9. The summed E-state index contributed by atoms with van der Waals surface area (Å²) in [6.07, 6.45) is 6.93. The van der Waals surface area contributed by atoms with Crippen molar-refractivity contribution in [3.8, 4) is 28.7 Å². The van der Waals surface area contributed by atoms with Crippen LogP contribution in [0, 0.1) is 0 Å². The van der Waals surface area contributed by atoms with Gasteiger partial charge in [-0.3, -0.25) is 4.79 Å². The highest BCUT2D eigenvalue weighted by molar-refractivity contribution is 6.03. The summed E-state index contributed by atoms with van der Waals surface area (Å²) < 4.78 is 26.8. The van der Waals surface area contributed by atoms with Crippen molar-refractivity contribution in [2.45, 2.75) is 0 Å². The molecule has 0 atom stereocenters. The molecule has 0 aromatic heterocycles. The molecule has 0 saturated heterocycles. The molecule has 0 heterocycles. The second kappa shape index (κ2) is 12.2. The number of benzene rings is 3. The molecule has 0 unspecified atom stereocenters. The van der Waals surface area contributed by atoms with E-state index in [0.29, 0.717) is 40.1 Å². The maximum atomic E-state index is 12.6. The van der Waals surface area contributed by atoms with Crippen LogP contribution < -0.4 is 34.7 Å². The fourth-order valence-corrected chi connectivity index (χ4v) is 3.49. The van der Waals surface area contributed by atoms with Gasteiger partial charge in [-0.05, 0) is 59.2 Å². The van der Waals surface area contributed by atoms with Gasteiger partial charge in [-0.15, -0.1) is 0 Å². The van der Waals surface area contributed by atoms with Crippen LogP contribution in [0.2, 0.25) is 0 Å². The van der Waals surface area contributed by atoms with Crippen LogP contribution in [-0.4, -0.2) is 41.5 Å². The van der Waals surface area contributed by atoms with E-state index in [1.807, 2.05) is 36.4 Å². The van der Waals surface area contributed by atoms with E-state index in [0.717, 1.165) is 16.7 Å². The molecule has 0 aliphatic heterocycles. The molecule has 0 spiro atoms. The molecule has 0 saturated carbocycles. The van der Waals surface area contributed by atoms with Crippen molar-refractivity contribution >= 4 is 35.5 Å². The first-order valence-corrected chi connectivity index (χ1v) is 11.0. The van der Waals surface area contributed by atoms with E-state index in [9.17, 15) is 4.79 Å². The third-order valence-corrected chi connectivity index (χ3v) is 5.32. The first-order valence-electron chi connectivity index (χ1n) is 11.0. The van der Waals surface area contributed by atoms with Gasteiger partial charge in [0.2, 0.25) is 11.7 Å². The van der Waals surface area contributed by atoms with Crippen LogP contribution in [0.4, 0.5) is 11.4 Å². The summed E-state index contributed by atoms with van der Waals surface area (Å²) in [5, 5.41) is 2.86. The number of amides is 1. The molecule has 8 nitrogen and oxygen atoms in total. The van der Waals surface area contributed by atoms with Crippen molar-refractivity contribution in [3.05, 3.63) is 71.3 Å². The Hall–Kier alpha value is -4.59. The summed E-state index contributed by atoms with van der Waals surface area (Å²) >= 11 is 0. The lowest BCUT2D eigenvalue weighted by Gasteiger charge is -2.13. The number of hydrogen-bond acceptors (Lipinski definition) is 7. The number of nitrogens with two attached hydrogens (primary N) is 1. The number of methoxy groups -OCH3 is 5. The Bertz CT molecular complexity index is 1260. The average molecular weight is 491 g/mol. The highest BCUT2D eigenvalue weighted by atomic mass is 16.5. The number of hydrogen-bond donors (Lipinski definition) is 2. The minimum Gasteiger partial charge on any atom is -0.495 e. The number of carbonyl (C=O) groups is 1. The summed E-state index contributed by atoms with van der Waals surface area (Å²) in [7, 11) is 7.79. The summed E-state index contributed by atoms with van der Waals surface area (Å²) in [6, 6.07) is 14.5. The second-order valence-electron chi connectivity index (χ2n) is 7.58. The van der Waals surface area contributed by atoms with Crippen LogP contribution in [0.15, 0.2) is 54.6 Å².